The van der Waals surface area contributed by atoms with E-state index < -0.39 is 23.3 Å². The molecule has 0 spiro atoms. The van der Waals surface area contributed by atoms with Crippen LogP contribution in [0.5, 0.6) is 0 Å². The Bertz CT molecular complexity index is 1230. The molecule has 2 heterocycles. The Morgan fingerprint density at radius 3 is 2.52 bits per heavy atom. The minimum absolute atomic E-state index is 0.136. The second-order valence-corrected chi connectivity index (χ2v) is 6.54. The summed E-state index contributed by atoms with van der Waals surface area (Å²) in [7, 11) is 2.52. The van der Waals surface area contributed by atoms with Gasteiger partial charge in [0.25, 0.3) is 5.78 Å². The lowest BCUT2D eigenvalue weighted by Gasteiger charge is -2.05. The number of ether oxygens (including phenoxy) is 2. The second kappa shape index (κ2) is 8.75. The van der Waals surface area contributed by atoms with E-state index in [1.54, 1.807) is 6.07 Å². The summed E-state index contributed by atoms with van der Waals surface area (Å²) >= 11 is 0. The number of nitrogens with two attached hydrogens (primary N) is 1. The average Bonchev–Trinajstić information content (AvgIpc) is 3.33. The molecular weight excluding hydrogens is 410 g/mol. The number of hydrogen-bond donors (Lipinski definition) is 3. The Morgan fingerprint density at radius 1 is 1.16 bits per heavy atom. The summed E-state index contributed by atoms with van der Waals surface area (Å²) < 4.78 is 10.1. The number of carboxylic acid groups (broad SMARTS) is 1. The molecule has 4 N–H and O–H groups in total. The SMILES string of the molecule is COC(=O)c1cc(C(=O)O)nc2nc(=O)[nH]n12.COC(=O)c1ccc2c(c1)CC[C@@H]2N. The van der Waals surface area contributed by atoms with Crippen LogP contribution in [-0.2, 0) is 15.9 Å². The molecule has 12 heteroatoms. The smallest absolute Gasteiger partial charge is 0.363 e. The highest BCUT2D eigenvalue weighted by Crippen LogP contribution is 2.29. The van der Waals surface area contributed by atoms with Crippen molar-refractivity contribution in [3.8, 4) is 0 Å². The second-order valence-electron chi connectivity index (χ2n) is 6.54. The molecule has 0 bridgehead atoms. The number of carbonyl (C=O) groups excluding carboxylic acids is 2. The third kappa shape index (κ3) is 4.43. The molecule has 0 fully saturated rings. The number of aromatic amines is 1. The van der Waals surface area contributed by atoms with E-state index in [1.165, 1.54) is 12.7 Å². The van der Waals surface area contributed by atoms with Gasteiger partial charge in [0.05, 0.1) is 19.8 Å². The summed E-state index contributed by atoms with van der Waals surface area (Å²) in [6.07, 6.45) is 1.93. The monoisotopic (exact) mass is 429 g/mol. The van der Waals surface area contributed by atoms with Crippen molar-refractivity contribution in [3.05, 3.63) is 62.8 Å². The van der Waals surface area contributed by atoms with Gasteiger partial charge in [-0.3, -0.25) is 0 Å². The topological polar surface area (TPSA) is 179 Å². The van der Waals surface area contributed by atoms with Crippen molar-refractivity contribution in [2.45, 2.75) is 18.9 Å². The van der Waals surface area contributed by atoms with Gasteiger partial charge >= 0.3 is 23.6 Å². The molecule has 0 saturated heterocycles. The fourth-order valence-electron chi connectivity index (χ4n) is 3.15. The average molecular weight is 429 g/mol. The molecule has 2 aromatic heterocycles. The molecule has 0 aliphatic heterocycles. The summed E-state index contributed by atoms with van der Waals surface area (Å²) in [5.74, 6) is -2.65. The number of hydrogen-bond acceptors (Lipinski definition) is 9. The van der Waals surface area contributed by atoms with Gasteiger partial charge in [-0.1, -0.05) is 6.07 Å². The molecule has 12 nitrogen and oxygen atoms in total. The van der Waals surface area contributed by atoms with Gasteiger partial charge in [0, 0.05) is 12.1 Å². The number of methoxy groups -OCH3 is 2. The third-order valence-corrected chi connectivity index (χ3v) is 4.65. The van der Waals surface area contributed by atoms with Crippen LogP contribution in [0.1, 0.15) is 54.9 Å². The standard InChI is InChI=1S/C11H13NO2.C8H6N4O5/c1-14-11(13)8-2-4-9-7(6-8)3-5-10(9)12;1-17-6(15)4-2-3(5(13)14)9-7-10-8(16)11-12(4)7/h2,4,6,10H,3,5,12H2,1H3;2H,1H3,(H,11,16)(H,13,14)/t10-;/m0./s1. The van der Waals surface area contributed by atoms with Crippen LogP contribution in [0, 0.1) is 0 Å². The van der Waals surface area contributed by atoms with E-state index >= 15 is 0 Å². The van der Waals surface area contributed by atoms with Crippen LogP contribution in [0.4, 0.5) is 0 Å². The molecule has 4 rings (SSSR count). The summed E-state index contributed by atoms with van der Waals surface area (Å²) in [6.45, 7) is 0. The van der Waals surface area contributed by atoms with Gasteiger partial charge in [-0.25, -0.2) is 33.8 Å². The Balaban J connectivity index is 0.000000179. The maximum atomic E-state index is 11.4. The summed E-state index contributed by atoms with van der Waals surface area (Å²) in [4.78, 5) is 51.4. The minimum atomic E-state index is -1.34. The Labute approximate surface area is 174 Å². The number of H-pyrrole nitrogens is 1. The zero-order valence-corrected chi connectivity index (χ0v) is 16.6. The Hall–Kier alpha value is -4.06. The van der Waals surface area contributed by atoms with Crippen molar-refractivity contribution >= 4 is 23.7 Å². The zero-order chi connectivity index (χ0) is 22.7. The maximum absolute atomic E-state index is 11.4. The first kappa shape index (κ1) is 21.6. The molecule has 1 aromatic carbocycles. The molecule has 0 saturated carbocycles. The van der Waals surface area contributed by atoms with Crippen LogP contribution >= 0.6 is 0 Å². The van der Waals surface area contributed by atoms with E-state index in [2.05, 4.69) is 24.5 Å². The van der Waals surface area contributed by atoms with Crippen LogP contribution in [0.25, 0.3) is 5.78 Å². The predicted octanol–water partition coefficient (Wildman–Crippen LogP) is 0.322. The first-order valence-corrected chi connectivity index (χ1v) is 9.03. The van der Waals surface area contributed by atoms with Crippen LogP contribution in [-0.4, -0.2) is 56.8 Å². The normalized spacial score (nSPS) is 14.4. The lowest BCUT2D eigenvalue weighted by molar-refractivity contribution is 0.0585. The number of carbonyl (C=O) groups is 3. The van der Waals surface area contributed by atoms with E-state index in [0.717, 1.165) is 36.1 Å². The number of aryl methyl sites for hydroxylation is 1. The van der Waals surface area contributed by atoms with E-state index in [9.17, 15) is 19.2 Å². The number of aromatic carboxylic acids is 1. The number of aromatic nitrogens is 4. The molecule has 1 aliphatic carbocycles. The molecule has 0 unspecified atom stereocenters. The molecular formula is C19H19N5O7. The van der Waals surface area contributed by atoms with Crippen LogP contribution in [0.3, 0.4) is 0 Å². The van der Waals surface area contributed by atoms with Gasteiger partial charge in [-0.15, -0.1) is 0 Å². The highest BCUT2D eigenvalue weighted by atomic mass is 16.5. The first-order chi connectivity index (χ1) is 14.7. The largest absolute Gasteiger partial charge is 0.477 e. The van der Waals surface area contributed by atoms with E-state index in [0.29, 0.717) is 5.56 Å². The van der Waals surface area contributed by atoms with Crippen molar-refractivity contribution in [1.82, 2.24) is 19.6 Å². The first-order valence-electron chi connectivity index (χ1n) is 9.03. The molecule has 3 aromatic rings. The van der Waals surface area contributed by atoms with E-state index in [-0.39, 0.29) is 23.5 Å². The lowest BCUT2D eigenvalue weighted by atomic mass is 10.1. The summed E-state index contributed by atoms with van der Waals surface area (Å²) in [6, 6.07) is 6.71. The summed E-state index contributed by atoms with van der Waals surface area (Å²) in [5, 5.41) is 11.0. The highest BCUT2D eigenvalue weighted by molar-refractivity contribution is 5.92. The highest BCUT2D eigenvalue weighted by Gasteiger charge is 2.20. The van der Waals surface area contributed by atoms with Gasteiger partial charge < -0.3 is 20.3 Å². The Morgan fingerprint density at radius 2 is 1.87 bits per heavy atom. The molecule has 0 amide bonds. The van der Waals surface area contributed by atoms with Crippen LogP contribution < -0.4 is 11.4 Å². The minimum Gasteiger partial charge on any atom is -0.477 e. The number of benzene rings is 1. The summed E-state index contributed by atoms with van der Waals surface area (Å²) in [5.41, 5.74) is 7.52. The molecule has 162 valence electrons. The fourth-order valence-corrected chi connectivity index (χ4v) is 3.15. The van der Waals surface area contributed by atoms with Gasteiger partial charge in [0.15, 0.2) is 11.4 Å². The molecule has 1 aliphatic rings. The van der Waals surface area contributed by atoms with Crippen molar-refractivity contribution in [3.63, 3.8) is 0 Å². The van der Waals surface area contributed by atoms with Gasteiger partial charge in [-0.05, 0) is 36.1 Å². The quantitative estimate of drug-likeness (QED) is 0.491. The zero-order valence-electron chi connectivity index (χ0n) is 16.6. The van der Waals surface area contributed by atoms with Crippen molar-refractivity contribution in [1.29, 1.82) is 0 Å². The predicted molar refractivity (Wildman–Crippen MR) is 105 cm³/mol. The number of carboxylic acids is 1. The third-order valence-electron chi connectivity index (χ3n) is 4.65. The van der Waals surface area contributed by atoms with Gasteiger partial charge in [-0.2, -0.15) is 4.98 Å². The number of esters is 2. The number of nitrogens with one attached hydrogen (secondary N) is 1. The van der Waals surface area contributed by atoms with Crippen LogP contribution in [0.15, 0.2) is 29.1 Å². The number of fused-ring (bicyclic) bond motifs is 2. The maximum Gasteiger partial charge on any atom is 0.363 e. The lowest BCUT2D eigenvalue weighted by Crippen LogP contribution is -2.14. The molecule has 31 heavy (non-hydrogen) atoms. The van der Waals surface area contributed by atoms with Gasteiger partial charge in [0.2, 0.25) is 0 Å². The fraction of sp³-hybridized carbons (Fsp3) is 0.263. The number of rotatable bonds is 3. The van der Waals surface area contributed by atoms with Crippen molar-refractivity contribution in [2.24, 2.45) is 5.73 Å². The molecule has 0 radical (unpaired) electrons. The van der Waals surface area contributed by atoms with E-state index in [4.69, 9.17) is 10.8 Å². The van der Waals surface area contributed by atoms with E-state index in [1.807, 2.05) is 12.1 Å². The van der Waals surface area contributed by atoms with Crippen molar-refractivity contribution in [2.75, 3.05) is 14.2 Å². The van der Waals surface area contributed by atoms with Crippen LogP contribution in [0.2, 0.25) is 0 Å². The molecule has 1 atom stereocenters. The van der Waals surface area contributed by atoms with Gasteiger partial charge in [0.1, 0.15) is 0 Å². The van der Waals surface area contributed by atoms with Crippen molar-refractivity contribution < 1.29 is 29.0 Å². The number of nitrogens with zero attached hydrogens (tertiary/aromatic N) is 3. The Kier molecular flexibility index (Phi) is 6.11.